The van der Waals surface area contributed by atoms with Gasteiger partial charge in [-0.05, 0) is 19.1 Å². The molecule has 11 heteroatoms. The lowest BCUT2D eigenvalue weighted by molar-refractivity contribution is -0.120. The Bertz CT molecular complexity index is 871. The number of aromatic nitrogens is 1. The van der Waals surface area contributed by atoms with Crippen molar-refractivity contribution in [2.75, 3.05) is 27.4 Å². The summed E-state index contributed by atoms with van der Waals surface area (Å²) < 4.78 is 25.8. The summed E-state index contributed by atoms with van der Waals surface area (Å²) in [6.45, 7) is 1.41. The van der Waals surface area contributed by atoms with Crippen molar-refractivity contribution in [3.05, 3.63) is 33.8 Å². The number of rotatable bonds is 10. The molecule has 0 saturated carbocycles. The Balaban J connectivity index is 2.12. The molecule has 0 fully saturated rings. The summed E-state index contributed by atoms with van der Waals surface area (Å²) in [4.78, 5) is 39.1. The molecule has 2 N–H and O–H groups in total. The maximum absolute atomic E-state index is 12.4. The zero-order valence-electron chi connectivity index (χ0n) is 16.1. The maximum Gasteiger partial charge on any atom is 0.367 e. The average molecular weight is 424 g/mol. The normalized spacial score (nSPS) is 10.2. The quantitative estimate of drug-likeness (QED) is 0.563. The third-order valence-corrected chi connectivity index (χ3v) is 4.28. The van der Waals surface area contributed by atoms with Crippen LogP contribution in [0.25, 0.3) is 0 Å². The van der Waals surface area contributed by atoms with Crippen molar-refractivity contribution in [1.82, 2.24) is 4.98 Å². The Morgan fingerprint density at radius 3 is 2.28 bits per heavy atom. The molecule has 1 amide bonds. The van der Waals surface area contributed by atoms with E-state index in [4.69, 9.17) is 29.4 Å². The number of methoxy groups -OCH3 is 2. The lowest BCUT2D eigenvalue weighted by Crippen LogP contribution is -2.20. The van der Waals surface area contributed by atoms with Gasteiger partial charge in [0.1, 0.15) is 6.61 Å². The zero-order chi connectivity index (χ0) is 21.4. The predicted octanol–water partition coefficient (Wildman–Crippen LogP) is 1.56. The summed E-state index contributed by atoms with van der Waals surface area (Å²) in [6, 6.07) is 2.76. The van der Waals surface area contributed by atoms with Gasteiger partial charge in [0.2, 0.25) is 10.8 Å². The lowest BCUT2D eigenvalue weighted by Gasteiger charge is -2.15. The van der Waals surface area contributed by atoms with Crippen LogP contribution in [0.5, 0.6) is 17.2 Å². The van der Waals surface area contributed by atoms with Gasteiger partial charge in [0.05, 0.1) is 32.1 Å². The summed E-state index contributed by atoms with van der Waals surface area (Å²) in [5, 5.41) is 1.78. The van der Waals surface area contributed by atoms with Gasteiger partial charge in [0.15, 0.2) is 18.1 Å². The largest absolute Gasteiger partial charge is 0.493 e. The summed E-state index contributed by atoms with van der Waals surface area (Å²) in [5.41, 5.74) is 5.62. The van der Waals surface area contributed by atoms with Gasteiger partial charge in [-0.1, -0.05) is 0 Å². The van der Waals surface area contributed by atoms with Gasteiger partial charge >= 0.3 is 11.9 Å². The van der Waals surface area contributed by atoms with Crippen molar-refractivity contribution < 1.29 is 38.1 Å². The van der Waals surface area contributed by atoms with Crippen molar-refractivity contribution in [3.63, 3.8) is 0 Å². The molecule has 0 aliphatic carbocycles. The standard InChI is InChI=1S/C18H20N2O8S/c1-4-26-18(23)16-20-11(9-29-16)7-28-17(22)10-5-12(24-2)15(13(6-10)25-3)27-8-14(19)21/h5-6,9H,4,7-8H2,1-3H3,(H2,19,21). The molecule has 2 aromatic rings. The van der Waals surface area contributed by atoms with Crippen molar-refractivity contribution in [1.29, 1.82) is 0 Å². The molecule has 0 unspecified atom stereocenters. The molecule has 29 heavy (non-hydrogen) atoms. The summed E-state index contributed by atoms with van der Waals surface area (Å²) in [6.07, 6.45) is 0. The number of hydrogen-bond donors (Lipinski definition) is 1. The van der Waals surface area contributed by atoms with E-state index in [1.807, 2.05) is 0 Å². The minimum atomic E-state index is -0.678. The number of primary amides is 1. The molecule has 0 saturated heterocycles. The fourth-order valence-corrected chi connectivity index (χ4v) is 2.86. The van der Waals surface area contributed by atoms with Crippen molar-refractivity contribution in [2.45, 2.75) is 13.5 Å². The smallest absolute Gasteiger partial charge is 0.367 e. The van der Waals surface area contributed by atoms with E-state index < -0.39 is 17.8 Å². The second-order valence-electron chi connectivity index (χ2n) is 5.41. The minimum absolute atomic E-state index is 0.129. The molecular formula is C18H20N2O8S. The van der Waals surface area contributed by atoms with Crippen molar-refractivity contribution in [3.8, 4) is 17.2 Å². The molecule has 10 nitrogen and oxygen atoms in total. The van der Waals surface area contributed by atoms with E-state index in [0.717, 1.165) is 11.3 Å². The Morgan fingerprint density at radius 2 is 1.72 bits per heavy atom. The molecule has 1 aromatic carbocycles. The van der Waals surface area contributed by atoms with E-state index in [1.54, 1.807) is 12.3 Å². The second kappa shape index (κ2) is 10.3. The van der Waals surface area contributed by atoms with E-state index in [0.29, 0.717) is 5.69 Å². The zero-order valence-corrected chi connectivity index (χ0v) is 16.9. The number of thiazole rings is 1. The molecule has 0 radical (unpaired) electrons. The van der Waals surface area contributed by atoms with E-state index >= 15 is 0 Å². The summed E-state index contributed by atoms with van der Waals surface area (Å²) in [5.74, 6) is -1.43. The fraction of sp³-hybridized carbons (Fsp3) is 0.333. The number of carbonyl (C=O) groups is 3. The molecule has 1 heterocycles. The van der Waals surface area contributed by atoms with Crippen LogP contribution in [0, 0.1) is 0 Å². The highest BCUT2D eigenvalue weighted by Crippen LogP contribution is 2.38. The summed E-state index contributed by atoms with van der Waals surface area (Å²) >= 11 is 1.10. The number of amides is 1. The summed E-state index contributed by atoms with van der Waals surface area (Å²) in [7, 11) is 2.74. The first-order chi connectivity index (χ1) is 13.9. The number of carbonyl (C=O) groups excluding carboxylic acids is 3. The van der Waals surface area contributed by atoms with Gasteiger partial charge in [-0.3, -0.25) is 4.79 Å². The van der Waals surface area contributed by atoms with Crippen molar-refractivity contribution in [2.24, 2.45) is 5.73 Å². The lowest BCUT2D eigenvalue weighted by atomic mass is 10.2. The third kappa shape index (κ3) is 5.82. The maximum atomic E-state index is 12.4. The average Bonchev–Trinajstić information content (AvgIpc) is 3.19. The predicted molar refractivity (Wildman–Crippen MR) is 101 cm³/mol. The number of benzene rings is 1. The number of nitrogens with two attached hydrogens (primary N) is 1. The molecule has 0 aliphatic rings. The molecule has 2 rings (SSSR count). The van der Waals surface area contributed by atoms with Crippen LogP contribution in [-0.4, -0.2) is 50.3 Å². The van der Waals surface area contributed by atoms with E-state index in [-0.39, 0.29) is 47.6 Å². The van der Waals surface area contributed by atoms with Gasteiger partial charge in [0.25, 0.3) is 5.91 Å². The SMILES string of the molecule is CCOC(=O)c1nc(COC(=O)c2cc(OC)c(OCC(N)=O)c(OC)c2)cs1. The number of hydrogen-bond acceptors (Lipinski definition) is 10. The van der Waals surface area contributed by atoms with Crippen LogP contribution in [0.1, 0.15) is 32.8 Å². The van der Waals surface area contributed by atoms with Gasteiger partial charge < -0.3 is 29.4 Å². The molecule has 0 bridgehead atoms. The first-order valence-electron chi connectivity index (χ1n) is 8.35. The van der Waals surface area contributed by atoms with E-state index in [1.165, 1.54) is 26.4 Å². The molecule has 1 aromatic heterocycles. The van der Waals surface area contributed by atoms with Gasteiger partial charge in [-0.25, -0.2) is 14.6 Å². The first kappa shape index (κ1) is 22.0. The van der Waals surface area contributed by atoms with Gasteiger partial charge in [0, 0.05) is 5.38 Å². The van der Waals surface area contributed by atoms with E-state index in [2.05, 4.69) is 4.98 Å². The van der Waals surface area contributed by atoms with Crippen LogP contribution in [0.15, 0.2) is 17.5 Å². The van der Waals surface area contributed by atoms with Gasteiger partial charge in [-0.2, -0.15) is 0 Å². The molecular weight excluding hydrogens is 404 g/mol. The highest BCUT2D eigenvalue weighted by Gasteiger charge is 2.20. The molecule has 0 spiro atoms. The van der Waals surface area contributed by atoms with Crippen LogP contribution in [0.4, 0.5) is 0 Å². The molecule has 156 valence electrons. The van der Waals surface area contributed by atoms with Crippen LogP contribution >= 0.6 is 11.3 Å². The first-order valence-corrected chi connectivity index (χ1v) is 9.23. The molecule has 0 aliphatic heterocycles. The number of esters is 2. The number of nitrogens with zero attached hydrogens (tertiary/aromatic N) is 1. The fourth-order valence-electron chi connectivity index (χ4n) is 2.17. The van der Waals surface area contributed by atoms with Crippen molar-refractivity contribution >= 4 is 29.2 Å². The van der Waals surface area contributed by atoms with Crippen LogP contribution in [0.3, 0.4) is 0 Å². The highest BCUT2D eigenvalue weighted by atomic mass is 32.1. The van der Waals surface area contributed by atoms with E-state index in [9.17, 15) is 14.4 Å². The topological polar surface area (TPSA) is 136 Å². The van der Waals surface area contributed by atoms with Crippen LogP contribution in [0.2, 0.25) is 0 Å². The Labute approximate surface area is 170 Å². The van der Waals surface area contributed by atoms with Crippen LogP contribution in [-0.2, 0) is 20.9 Å². The Morgan fingerprint density at radius 1 is 1.07 bits per heavy atom. The second-order valence-corrected chi connectivity index (χ2v) is 6.26. The highest BCUT2D eigenvalue weighted by molar-refractivity contribution is 7.11. The monoisotopic (exact) mass is 424 g/mol. The van der Waals surface area contributed by atoms with Crippen LogP contribution < -0.4 is 19.9 Å². The Hall–Kier alpha value is -3.34. The van der Waals surface area contributed by atoms with Gasteiger partial charge in [-0.15, -0.1) is 11.3 Å². The number of ether oxygens (including phenoxy) is 5. The third-order valence-electron chi connectivity index (χ3n) is 3.41. The molecule has 0 atom stereocenters. The minimum Gasteiger partial charge on any atom is -0.493 e. The Kier molecular flexibility index (Phi) is 7.78.